The maximum absolute atomic E-state index is 13.1. The fourth-order valence-electron chi connectivity index (χ4n) is 3.42. The predicted molar refractivity (Wildman–Crippen MR) is 106 cm³/mol. The highest BCUT2D eigenvalue weighted by Crippen LogP contribution is 2.37. The largest absolute Gasteiger partial charge is 0.453 e. The van der Waals surface area contributed by atoms with Crippen molar-refractivity contribution in [3.63, 3.8) is 0 Å². The summed E-state index contributed by atoms with van der Waals surface area (Å²) in [6, 6.07) is 7.04. The molecule has 8 heteroatoms. The van der Waals surface area contributed by atoms with Crippen LogP contribution >= 0.6 is 0 Å². The van der Waals surface area contributed by atoms with Crippen LogP contribution in [0.1, 0.15) is 44.2 Å². The van der Waals surface area contributed by atoms with Crippen molar-refractivity contribution < 1.29 is 23.6 Å². The van der Waals surface area contributed by atoms with Gasteiger partial charge in [-0.1, -0.05) is 17.3 Å². The molecule has 0 fully saturated rings. The molecular weight excluding hydrogens is 374 g/mol. The molecule has 1 aliphatic rings. The van der Waals surface area contributed by atoms with Crippen molar-refractivity contribution in [3.05, 3.63) is 41.3 Å². The van der Waals surface area contributed by atoms with E-state index in [1.54, 1.807) is 45.0 Å². The molecule has 0 saturated carbocycles. The minimum absolute atomic E-state index is 0.0982. The van der Waals surface area contributed by atoms with Gasteiger partial charge in [-0.15, -0.1) is 0 Å². The number of hydrogen-bond acceptors (Lipinski definition) is 6. The highest BCUT2D eigenvalue weighted by molar-refractivity contribution is 6.15. The zero-order valence-electron chi connectivity index (χ0n) is 17.2. The quantitative estimate of drug-likeness (QED) is 0.776. The third kappa shape index (κ3) is 3.87. The summed E-state index contributed by atoms with van der Waals surface area (Å²) in [7, 11) is 0. The van der Waals surface area contributed by atoms with Gasteiger partial charge in [-0.3, -0.25) is 19.3 Å². The molecule has 1 aromatic carbocycles. The number of hydrogen-bond donors (Lipinski definition) is 1. The monoisotopic (exact) mass is 399 g/mol. The second-order valence-corrected chi connectivity index (χ2v) is 7.64. The standard InChI is InChI=1S/C21H25N3O5/c1-12-15(13(2)29-23-12)10-11-18(25)28-14(3)19(26)24-17-9-7-6-8-16(17)22-20(27)21(24,4)5/h6-9,14H,10-11H2,1-5H3,(H,22,27)/t14-/m1/s1. The van der Waals surface area contributed by atoms with Gasteiger partial charge in [0.15, 0.2) is 6.10 Å². The number of rotatable bonds is 5. The molecule has 0 saturated heterocycles. The van der Waals surface area contributed by atoms with E-state index in [9.17, 15) is 14.4 Å². The smallest absolute Gasteiger partial charge is 0.306 e. The lowest BCUT2D eigenvalue weighted by atomic mass is 9.95. The van der Waals surface area contributed by atoms with Crippen LogP contribution in [0.3, 0.4) is 0 Å². The first-order chi connectivity index (χ1) is 13.6. The van der Waals surface area contributed by atoms with E-state index in [4.69, 9.17) is 9.26 Å². The van der Waals surface area contributed by atoms with Gasteiger partial charge in [-0.25, -0.2) is 0 Å². The molecule has 29 heavy (non-hydrogen) atoms. The molecular formula is C21H25N3O5. The predicted octanol–water partition coefficient (Wildman–Crippen LogP) is 2.92. The molecule has 0 unspecified atom stereocenters. The molecule has 8 nitrogen and oxygen atoms in total. The normalized spacial score (nSPS) is 16.0. The first kappa shape index (κ1) is 20.6. The van der Waals surface area contributed by atoms with E-state index in [1.807, 2.05) is 6.92 Å². The van der Waals surface area contributed by atoms with Crippen molar-refractivity contribution in [2.24, 2.45) is 0 Å². The Balaban J connectivity index is 1.72. The Kier molecular flexibility index (Phi) is 5.46. The number of fused-ring (bicyclic) bond motifs is 1. The molecule has 154 valence electrons. The zero-order valence-corrected chi connectivity index (χ0v) is 17.2. The summed E-state index contributed by atoms with van der Waals surface area (Å²) in [6.07, 6.45) is -0.520. The molecule has 1 N–H and O–H groups in total. The highest BCUT2D eigenvalue weighted by Gasteiger charge is 2.45. The van der Waals surface area contributed by atoms with E-state index in [0.717, 1.165) is 11.3 Å². The van der Waals surface area contributed by atoms with Crippen molar-refractivity contribution in [2.75, 3.05) is 10.2 Å². The third-order valence-corrected chi connectivity index (χ3v) is 5.14. The summed E-state index contributed by atoms with van der Waals surface area (Å²) in [5, 5.41) is 6.67. The van der Waals surface area contributed by atoms with Crippen molar-refractivity contribution in [1.29, 1.82) is 0 Å². The Morgan fingerprint density at radius 3 is 2.62 bits per heavy atom. The number of aromatic nitrogens is 1. The molecule has 0 radical (unpaired) electrons. The SMILES string of the molecule is Cc1noc(C)c1CCC(=O)O[C@H](C)C(=O)N1c2ccccc2NC(=O)C1(C)C. The first-order valence-corrected chi connectivity index (χ1v) is 9.48. The minimum atomic E-state index is -1.12. The number of nitrogens with one attached hydrogen (secondary N) is 1. The van der Waals surface area contributed by atoms with Crippen LogP contribution in [-0.2, 0) is 25.5 Å². The molecule has 0 bridgehead atoms. The Bertz CT molecular complexity index is 943. The van der Waals surface area contributed by atoms with Crippen LogP contribution < -0.4 is 10.2 Å². The van der Waals surface area contributed by atoms with E-state index >= 15 is 0 Å². The lowest BCUT2D eigenvalue weighted by Gasteiger charge is -2.42. The number of anilines is 2. The molecule has 1 aliphatic heterocycles. The number of nitrogens with zero attached hydrogens (tertiary/aromatic N) is 2. The molecule has 2 aromatic rings. The second-order valence-electron chi connectivity index (χ2n) is 7.64. The number of para-hydroxylation sites is 2. The number of ether oxygens (including phenoxy) is 1. The number of amides is 2. The summed E-state index contributed by atoms with van der Waals surface area (Å²) >= 11 is 0. The van der Waals surface area contributed by atoms with Crippen LogP contribution in [0.5, 0.6) is 0 Å². The van der Waals surface area contributed by atoms with Gasteiger partial charge in [-0.05, 0) is 53.2 Å². The molecule has 0 spiro atoms. The Hall–Kier alpha value is -3.16. The van der Waals surface area contributed by atoms with Crippen LogP contribution in [0, 0.1) is 13.8 Å². The Morgan fingerprint density at radius 2 is 1.97 bits per heavy atom. The fourth-order valence-corrected chi connectivity index (χ4v) is 3.42. The van der Waals surface area contributed by atoms with Crippen LogP contribution in [0.2, 0.25) is 0 Å². The fraction of sp³-hybridized carbons (Fsp3) is 0.429. The summed E-state index contributed by atoms with van der Waals surface area (Å²) in [5.41, 5.74) is 1.59. The molecule has 1 atom stereocenters. The van der Waals surface area contributed by atoms with Crippen LogP contribution in [0.15, 0.2) is 28.8 Å². The lowest BCUT2D eigenvalue weighted by Crippen LogP contribution is -2.60. The average Bonchev–Trinajstić information content (AvgIpc) is 2.98. The minimum Gasteiger partial charge on any atom is -0.453 e. The van der Waals surface area contributed by atoms with Crippen molar-refractivity contribution in [1.82, 2.24) is 5.16 Å². The van der Waals surface area contributed by atoms with Crippen LogP contribution in [0.25, 0.3) is 0 Å². The van der Waals surface area contributed by atoms with Crippen molar-refractivity contribution in [3.8, 4) is 0 Å². The summed E-state index contributed by atoms with van der Waals surface area (Å²) in [5.74, 6) is -0.597. The van der Waals surface area contributed by atoms with Gasteiger partial charge in [0.2, 0.25) is 5.91 Å². The highest BCUT2D eigenvalue weighted by atomic mass is 16.5. The lowest BCUT2D eigenvalue weighted by molar-refractivity contribution is -0.154. The molecule has 1 aromatic heterocycles. The van der Waals surface area contributed by atoms with Gasteiger partial charge in [0, 0.05) is 12.0 Å². The van der Waals surface area contributed by atoms with E-state index in [-0.39, 0.29) is 12.3 Å². The summed E-state index contributed by atoms with van der Waals surface area (Å²) < 4.78 is 10.5. The van der Waals surface area contributed by atoms with Crippen LogP contribution in [-0.4, -0.2) is 34.6 Å². The first-order valence-electron chi connectivity index (χ1n) is 9.48. The van der Waals surface area contributed by atoms with Gasteiger partial charge in [-0.2, -0.15) is 0 Å². The van der Waals surface area contributed by atoms with E-state index in [2.05, 4.69) is 10.5 Å². The van der Waals surface area contributed by atoms with E-state index < -0.39 is 23.5 Å². The van der Waals surface area contributed by atoms with Gasteiger partial charge >= 0.3 is 5.97 Å². The number of carbonyl (C=O) groups excluding carboxylic acids is 3. The van der Waals surface area contributed by atoms with Crippen LogP contribution in [0.4, 0.5) is 11.4 Å². The van der Waals surface area contributed by atoms with Crippen molar-refractivity contribution >= 4 is 29.2 Å². The summed E-state index contributed by atoms with van der Waals surface area (Å²) in [6.45, 7) is 8.42. The molecule has 2 heterocycles. The molecule has 2 amide bonds. The van der Waals surface area contributed by atoms with Gasteiger partial charge in [0.05, 0.1) is 17.1 Å². The molecule has 0 aliphatic carbocycles. The van der Waals surface area contributed by atoms with E-state index in [1.165, 1.54) is 11.8 Å². The molecule has 3 rings (SSSR count). The number of esters is 1. The van der Waals surface area contributed by atoms with Gasteiger partial charge in [0.1, 0.15) is 11.3 Å². The number of benzene rings is 1. The summed E-state index contributed by atoms with van der Waals surface area (Å²) in [4.78, 5) is 39.4. The van der Waals surface area contributed by atoms with Crippen molar-refractivity contribution in [2.45, 2.75) is 59.1 Å². The third-order valence-electron chi connectivity index (χ3n) is 5.14. The number of aryl methyl sites for hydroxylation is 2. The second kappa shape index (κ2) is 7.69. The maximum atomic E-state index is 13.1. The zero-order chi connectivity index (χ0) is 21.3. The Labute approximate surface area is 169 Å². The van der Waals surface area contributed by atoms with Gasteiger partial charge in [0.25, 0.3) is 5.91 Å². The Morgan fingerprint density at radius 1 is 1.28 bits per heavy atom. The van der Waals surface area contributed by atoms with Gasteiger partial charge < -0.3 is 14.6 Å². The topological polar surface area (TPSA) is 102 Å². The average molecular weight is 399 g/mol. The maximum Gasteiger partial charge on any atom is 0.306 e. The number of carbonyl (C=O) groups is 3. The van der Waals surface area contributed by atoms with E-state index in [0.29, 0.717) is 23.6 Å².